The Balaban J connectivity index is 1.92. The maximum atomic E-state index is 13.1. The summed E-state index contributed by atoms with van der Waals surface area (Å²) in [4.78, 5) is 14.1. The number of halogens is 3. The number of imidazole rings is 1. The molecule has 0 atom stereocenters. The molecule has 0 aliphatic rings. The second-order valence-electron chi connectivity index (χ2n) is 5.30. The summed E-state index contributed by atoms with van der Waals surface area (Å²) in [5, 5.41) is 10.7. The van der Waals surface area contributed by atoms with E-state index in [2.05, 4.69) is 4.98 Å². The Morgan fingerprint density at radius 1 is 1.24 bits per heavy atom. The van der Waals surface area contributed by atoms with E-state index in [0.29, 0.717) is 17.4 Å². The third-order valence-electron chi connectivity index (χ3n) is 3.72. The number of nitrogens with zero attached hydrogens (tertiary/aromatic N) is 3. The SMILES string of the molecule is Cn1c(COc2ccc([N+](=O)[O-])cc2C(F)(F)F)nc2ccccc21. The Labute approximate surface area is 139 Å². The van der Waals surface area contributed by atoms with E-state index in [4.69, 9.17) is 4.74 Å². The van der Waals surface area contributed by atoms with Gasteiger partial charge in [-0.1, -0.05) is 12.1 Å². The predicted molar refractivity (Wildman–Crippen MR) is 83.1 cm³/mol. The van der Waals surface area contributed by atoms with Gasteiger partial charge in [-0.2, -0.15) is 13.2 Å². The minimum atomic E-state index is -4.77. The number of non-ortho nitro benzene ring substituents is 1. The van der Waals surface area contributed by atoms with E-state index in [0.717, 1.165) is 17.6 Å². The van der Waals surface area contributed by atoms with Crippen LogP contribution in [-0.4, -0.2) is 14.5 Å². The number of benzene rings is 2. The van der Waals surface area contributed by atoms with Crippen LogP contribution in [-0.2, 0) is 19.8 Å². The summed E-state index contributed by atoms with van der Waals surface area (Å²) in [5.74, 6) is -0.0437. The van der Waals surface area contributed by atoms with Gasteiger partial charge in [0.15, 0.2) is 0 Å². The van der Waals surface area contributed by atoms with Crippen molar-refractivity contribution >= 4 is 16.7 Å². The van der Waals surface area contributed by atoms with Crippen LogP contribution in [0.4, 0.5) is 18.9 Å². The second-order valence-corrected chi connectivity index (χ2v) is 5.30. The predicted octanol–water partition coefficient (Wildman–Crippen LogP) is 4.08. The fourth-order valence-electron chi connectivity index (χ4n) is 2.45. The van der Waals surface area contributed by atoms with E-state index < -0.39 is 28.1 Å². The van der Waals surface area contributed by atoms with Gasteiger partial charge in [-0.05, 0) is 18.2 Å². The van der Waals surface area contributed by atoms with E-state index in [-0.39, 0.29) is 6.61 Å². The van der Waals surface area contributed by atoms with Gasteiger partial charge in [0.25, 0.3) is 5.69 Å². The van der Waals surface area contributed by atoms with E-state index in [1.807, 2.05) is 12.1 Å². The molecule has 0 spiro atoms. The molecule has 0 aliphatic heterocycles. The first-order chi connectivity index (χ1) is 11.8. The normalized spacial score (nSPS) is 11.7. The summed E-state index contributed by atoms with van der Waals surface area (Å²) in [5.41, 5.74) is -0.327. The van der Waals surface area contributed by atoms with Gasteiger partial charge in [0.1, 0.15) is 23.7 Å². The summed E-state index contributed by atoms with van der Waals surface area (Å²) in [6, 6.07) is 9.63. The lowest BCUT2D eigenvalue weighted by atomic mass is 10.1. The van der Waals surface area contributed by atoms with Crippen molar-refractivity contribution in [1.82, 2.24) is 9.55 Å². The molecule has 6 nitrogen and oxygen atoms in total. The van der Waals surface area contributed by atoms with E-state index >= 15 is 0 Å². The topological polar surface area (TPSA) is 70.2 Å². The van der Waals surface area contributed by atoms with Crippen LogP contribution in [0.2, 0.25) is 0 Å². The van der Waals surface area contributed by atoms with Gasteiger partial charge < -0.3 is 9.30 Å². The van der Waals surface area contributed by atoms with Crippen molar-refractivity contribution in [2.24, 2.45) is 7.05 Å². The first-order valence-corrected chi connectivity index (χ1v) is 7.16. The van der Waals surface area contributed by atoms with Crippen molar-refractivity contribution in [3.8, 4) is 5.75 Å². The molecule has 1 heterocycles. The highest BCUT2D eigenvalue weighted by Crippen LogP contribution is 2.38. The molecule has 1 aromatic heterocycles. The molecule has 3 rings (SSSR count). The largest absolute Gasteiger partial charge is 0.485 e. The molecular weight excluding hydrogens is 339 g/mol. The lowest BCUT2D eigenvalue weighted by Crippen LogP contribution is -2.11. The Hall–Kier alpha value is -3.10. The molecule has 0 unspecified atom stereocenters. The molecule has 0 N–H and O–H groups in total. The first-order valence-electron chi connectivity index (χ1n) is 7.16. The molecule has 0 saturated heterocycles. The van der Waals surface area contributed by atoms with Crippen molar-refractivity contribution in [1.29, 1.82) is 0 Å². The van der Waals surface area contributed by atoms with Crippen LogP contribution in [0.5, 0.6) is 5.75 Å². The highest BCUT2D eigenvalue weighted by molar-refractivity contribution is 5.75. The fourth-order valence-corrected chi connectivity index (χ4v) is 2.45. The Kier molecular flexibility index (Phi) is 4.07. The Morgan fingerprint density at radius 3 is 2.60 bits per heavy atom. The molecule has 25 heavy (non-hydrogen) atoms. The highest BCUT2D eigenvalue weighted by Gasteiger charge is 2.36. The van der Waals surface area contributed by atoms with Gasteiger partial charge in [0.05, 0.1) is 16.0 Å². The summed E-state index contributed by atoms with van der Waals surface area (Å²) < 4.78 is 46.4. The van der Waals surface area contributed by atoms with Crippen LogP contribution in [0.1, 0.15) is 11.4 Å². The van der Waals surface area contributed by atoms with Gasteiger partial charge >= 0.3 is 6.18 Å². The highest BCUT2D eigenvalue weighted by atomic mass is 19.4. The number of rotatable bonds is 4. The molecule has 0 amide bonds. The number of para-hydroxylation sites is 2. The van der Waals surface area contributed by atoms with Crippen molar-refractivity contribution < 1.29 is 22.8 Å². The smallest absolute Gasteiger partial charge is 0.420 e. The van der Waals surface area contributed by atoms with Gasteiger partial charge in [0, 0.05) is 19.2 Å². The lowest BCUT2D eigenvalue weighted by molar-refractivity contribution is -0.385. The van der Waals surface area contributed by atoms with Gasteiger partial charge in [0.2, 0.25) is 0 Å². The third-order valence-corrected chi connectivity index (χ3v) is 3.72. The standard InChI is InChI=1S/C16H12F3N3O3/c1-21-13-5-3-2-4-12(13)20-15(21)9-25-14-7-6-10(22(23)24)8-11(14)16(17,18)19/h2-8H,9H2,1H3. The Morgan fingerprint density at radius 2 is 1.96 bits per heavy atom. The van der Waals surface area contributed by atoms with Crippen LogP contribution in [0, 0.1) is 10.1 Å². The zero-order valence-electron chi connectivity index (χ0n) is 12.9. The molecule has 0 saturated carbocycles. The minimum absolute atomic E-state index is 0.202. The van der Waals surface area contributed by atoms with Crippen molar-refractivity contribution in [2.45, 2.75) is 12.8 Å². The Bertz CT molecular complexity index is 951. The van der Waals surface area contributed by atoms with Gasteiger partial charge in [-0.3, -0.25) is 10.1 Å². The molecule has 9 heteroatoms. The van der Waals surface area contributed by atoms with Crippen LogP contribution in [0.3, 0.4) is 0 Å². The quantitative estimate of drug-likeness (QED) is 0.525. The summed E-state index contributed by atoms with van der Waals surface area (Å²) in [6.07, 6.45) is -4.77. The maximum absolute atomic E-state index is 13.1. The number of aromatic nitrogens is 2. The minimum Gasteiger partial charge on any atom is -0.485 e. The maximum Gasteiger partial charge on any atom is 0.420 e. The lowest BCUT2D eigenvalue weighted by Gasteiger charge is -2.13. The van der Waals surface area contributed by atoms with E-state index in [1.54, 1.807) is 23.7 Å². The number of hydrogen-bond donors (Lipinski definition) is 0. The number of alkyl halides is 3. The number of ether oxygens (including phenoxy) is 1. The summed E-state index contributed by atoms with van der Waals surface area (Å²) in [7, 11) is 1.73. The molecule has 0 bridgehead atoms. The van der Waals surface area contributed by atoms with Crippen LogP contribution in [0.15, 0.2) is 42.5 Å². The van der Waals surface area contributed by atoms with Crippen LogP contribution >= 0.6 is 0 Å². The number of hydrogen-bond acceptors (Lipinski definition) is 4. The average molecular weight is 351 g/mol. The van der Waals surface area contributed by atoms with E-state index in [1.165, 1.54) is 0 Å². The van der Waals surface area contributed by atoms with Crippen molar-refractivity contribution in [2.75, 3.05) is 0 Å². The monoisotopic (exact) mass is 351 g/mol. The van der Waals surface area contributed by atoms with Crippen LogP contribution in [0.25, 0.3) is 11.0 Å². The fraction of sp³-hybridized carbons (Fsp3) is 0.188. The zero-order valence-corrected chi connectivity index (χ0v) is 12.9. The van der Waals surface area contributed by atoms with Crippen LogP contribution < -0.4 is 4.74 Å². The zero-order chi connectivity index (χ0) is 18.2. The molecule has 2 aromatic carbocycles. The number of aryl methyl sites for hydroxylation is 1. The summed E-state index contributed by atoms with van der Waals surface area (Å²) in [6.45, 7) is -0.202. The molecule has 130 valence electrons. The number of nitro groups is 1. The third kappa shape index (κ3) is 3.25. The molecule has 0 aliphatic carbocycles. The average Bonchev–Trinajstić information content (AvgIpc) is 2.88. The van der Waals surface area contributed by atoms with E-state index in [9.17, 15) is 23.3 Å². The van der Waals surface area contributed by atoms with Gasteiger partial charge in [-0.25, -0.2) is 4.98 Å². The van der Waals surface area contributed by atoms with Crippen molar-refractivity contribution in [3.63, 3.8) is 0 Å². The molecular formula is C16H12F3N3O3. The second kappa shape index (κ2) is 6.08. The van der Waals surface area contributed by atoms with Gasteiger partial charge in [-0.15, -0.1) is 0 Å². The number of nitro benzene ring substituents is 1. The summed E-state index contributed by atoms with van der Waals surface area (Å²) >= 11 is 0. The molecule has 3 aromatic rings. The van der Waals surface area contributed by atoms with Crippen molar-refractivity contribution in [3.05, 3.63) is 64.0 Å². The molecule has 0 fully saturated rings. The number of fused-ring (bicyclic) bond motifs is 1. The molecule has 0 radical (unpaired) electrons. The first kappa shape index (κ1) is 16.7.